The number of hydrogen-bond acceptors (Lipinski definition) is 4. The molecule has 0 fully saturated rings. The molecule has 0 saturated carbocycles. The van der Waals surface area contributed by atoms with Crippen molar-refractivity contribution >= 4 is 18.0 Å². The number of carbonyl (C=O) groups is 3. The molecule has 0 spiro atoms. The topological polar surface area (TPSA) is 105 Å². The fourth-order valence-corrected chi connectivity index (χ4v) is 4.46. The molecular weight excluding hydrogens is 432 g/mol. The van der Waals surface area contributed by atoms with Gasteiger partial charge < -0.3 is 20.5 Å². The maximum atomic E-state index is 12.7. The van der Waals surface area contributed by atoms with Gasteiger partial charge >= 0.3 is 12.1 Å². The van der Waals surface area contributed by atoms with Crippen LogP contribution in [0.4, 0.5) is 4.79 Å². The molecule has 0 aromatic heterocycles. The predicted octanol–water partition coefficient (Wildman–Crippen LogP) is 4.84. The third-order valence-electron chi connectivity index (χ3n) is 6.21. The van der Waals surface area contributed by atoms with Gasteiger partial charge in [0.2, 0.25) is 5.91 Å². The number of carboxylic acids is 1. The smallest absolute Gasteiger partial charge is 0.407 e. The molecule has 2 aromatic carbocycles. The van der Waals surface area contributed by atoms with Crippen molar-refractivity contribution in [3.05, 3.63) is 59.7 Å². The van der Waals surface area contributed by atoms with E-state index < -0.39 is 30.4 Å². The number of carboxylic acid groups (broad SMARTS) is 1. The molecule has 2 unspecified atom stereocenters. The maximum Gasteiger partial charge on any atom is 0.407 e. The molecule has 34 heavy (non-hydrogen) atoms. The van der Waals surface area contributed by atoms with Crippen LogP contribution in [0.3, 0.4) is 0 Å². The Labute approximate surface area is 200 Å². The van der Waals surface area contributed by atoms with Gasteiger partial charge in [-0.15, -0.1) is 0 Å². The van der Waals surface area contributed by atoms with Crippen molar-refractivity contribution in [2.45, 2.75) is 70.4 Å². The summed E-state index contributed by atoms with van der Waals surface area (Å²) in [5.41, 5.74) is 4.38. The number of benzene rings is 2. The van der Waals surface area contributed by atoms with Gasteiger partial charge in [0.1, 0.15) is 12.6 Å². The van der Waals surface area contributed by atoms with Crippen LogP contribution in [0.2, 0.25) is 0 Å². The Morgan fingerprint density at radius 3 is 2.15 bits per heavy atom. The number of rotatable bonds is 12. The Morgan fingerprint density at radius 1 is 0.941 bits per heavy atom. The highest BCUT2D eigenvalue weighted by atomic mass is 16.5. The first-order chi connectivity index (χ1) is 16.4. The molecule has 0 aliphatic heterocycles. The lowest BCUT2D eigenvalue weighted by atomic mass is 9.98. The number of unbranched alkanes of at least 4 members (excludes halogenated alkanes) is 3. The Bertz CT molecular complexity index is 961. The fraction of sp³-hybridized carbons (Fsp3) is 0.444. The molecule has 1 aliphatic rings. The number of amides is 2. The van der Waals surface area contributed by atoms with E-state index in [2.05, 4.69) is 17.6 Å². The first-order valence-corrected chi connectivity index (χ1v) is 12.0. The number of ether oxygens (including phenoxy) is 1. The second-order valence-electron chi connectivity index (χ2n) is 8.88. The fourth-order valence-electron chi connectivity index (χ4n) is 4.46. The summed E-state index contributed by atoms with van der Waals surface area (Å²) in [4.78, 5) is 36.5. The van der Waals surface area contributed by atoms with Gasteiger partial charge in [-0.3, -0.25) is 9.59 Å². The van der Waals surface area contributed by atoms with E-state index in [-0.39, 0.29) is 18.6 Å². The van der Waals surface area contributed by atoms with Crippen LogP contribution in [0.5, 0.6) is 0 Å². The van der Waals surface area contributed by atoms with Gasteiger partial charge in [0, 0.05) is 12.0 Å². The summed E-state index contributed by atoms with van der Waals surface area (Å²) in [7, 11) is 0. The van der Waals surface area contributed by atoms with E-state index in [4.69, 9.17) is 4.74 Å². The summed E-state index contributed by atoms with van der Waals surface area (Å²) < 4.78 is 5.48. The van der Waals surface area contributed by atoms with Crippen molar-refractivity contribution in [2.24, 2.45) is 0 Å². The highest BCUT2D eigenvalue weighted by Gasteiger charge is 2.30. The van der Waals surface area contributed by atoms with Gasteiger partial charge in [-0.25, -0.2) is 4.79 Å². The van der Waals surface area contributed by atoms with Crippen LogP contribution < -0.4 is 10.6 Å². The van der Waals surface area contributed by atoms with E-state index in [1.54, 1.807) is 0 Å². The summed E-state index contributed by atoms with van der Waals surface area (Å²) in [6.45, 7) is 4.11. The first kappa shape index (κ1) is 25.3. The zero-order valence-corrected chi connectivity index (χ0v) is 19.9. The van der Waals surface area contributed by atoms with Crippen molar-refractivity contribution in [3.63, 3.8) is 0 Å². The Morgan fingerprint density at radius 2 is 1.56 bits per heavy atom. The van der Waals surface area contributed by atoms with Crippen LogP contribution in [0.1, 0.15) is 69.4 Å². The van der Waals surface area contributed by atoms with Crippen LogP contribution >= 0.6 is 0 Å². The quantitative estimate of drug-likeness (QED) is 0.388. The summed E-state index contributed by atoms with van der Waals surface area (Å²) in [6, 6.07) is 14.7. The largest absolute Gasteiger partial charge is 0.481 e. The number of fused-ring (bicyclic) bond motifs is 3. The molecular formula is C27H34N2O5. The van der Waals surface area contributed by atoms with Crippen LogP contribution in [0, 0.1) is 0 Å². The molecule has 0 bridgehead atoms. The molecule has 7 nitrogen and oxygen atoms in total. The Hall–Kier alpha value is -3.35. The highest BCUT2D eigenvalue weighted by molar-refractivity contribution is 5.89. The van der Waals surface area contributed by atoms with Crippen LogP contribution in [0.25, 0.3) is 11.1 Å². The summed E-state index contributed by atoms with van der Waals surface area (Å²) in [5.74, 6) is -1.80. The molecule has 182 valence electrons. The van der Waals surface area contributed by atoms with Crippen molar-refractivity contribution in [1.82, 2.24) is 10.6 Å². The Balaban J connectivity index is 1.58. The summed E-state index contributed by atoms with van der Waals surface area (Å²) >= 11 is 0. The van der Waals surface area contributed by atoms with Crippen LogP contribution in [-0.2, 0) is 14.3 Å². The van der Waals surface area contributed by atoms with Gasteiger partial charge in [-0.2, -0.15) is 0 Å². The molecule has 0 heterocycles. The number of nitrogens with one attached hydrogen (secondary N) is 2. The van der Waals surface area contributed by atoms with Gasteiger partial charge in [-0.1, -0.05) is 81.1 Å². The third-order valence-corrected chi connectivity index (χ3v) is 6.21. The SMILES string of the molecule is CCCCCCC(C)NC(=O)C(CC(=O)O)NC(=O)OCC1c2ccccc2-c2ccccc21. The normalized spacial score (nSPS) is 13.9. The standard InChI is InChI=1S/C27H34N2O5/c1-3-4-5-6-11-18(2)28-26(32)24(16-25(30)31)29-27(33)34-17-23-21-14-9-7-12-19(21)20-13-8-10-15-22(20)23/h7-10,12-15,18,23-24H,3-6,11,16-17H2,1-2H3,(H,28,32)(H,29,33)(H,30,31). The number of carbonyl (C=O) groups excluding carboxylic acids is 2. The van der Waals surface area contributed by atoms with Gasteiger partial charge in [-0.05, 0) is 35.6 Å². The van der Waals surface area contributed by atoms with E-state index >= 15 is 0 Å². The van der Waals surface area contributed by atoms with E-state index in [9.17, 15) is 19.5 Å². The van der Waals surface area contributed by atoms with Gasteiger partial charge in [0.05, 0.1) is 6.42 Å². The molecule has 0 saturated heterocycles. The minimum Gasteiger partial charge on any atom is -0.481 e. The third kappa shape index (κ3) is 6.59. The Kier molecular flexibility index (Phi) is 9.08. The monoisotopic (exact) mass is 466 g/mol. The minimum absolute atomic E-state index is 0.0924. The highest BCUT2D eigenvalue weighted by Crippen LogP contribution is 2.44. The van der Waals surface area contributed by atoms with Gasteiger partial charge in [0.15, 0.2) is 0 Å². The second kappa shape index (κ2) is 12.2. The lowest BCUT2D eigenvalue weighted by Gasteiger charge is -2.21. The molecule has 2 aromatic rings. The zero-order valence-electron chi connectivity index (χ0n) is 19.9. The van der Waals surface area contributed by atoms with Gasteiger partial charge in [0.25, 0.3) is 0 Å². The lowest BCUT2D eigenvalue weighted by Crippen LogP contribution is -2.50. The average Bonchev–Trinajstić information content (AvgIpc) is 3.13. The summed E-state index contributed by atoms with van der Waals surface area (Å²) in [5, 5.41) is 14.5. The predicted molar refractivity (Wildman–Crippen MR) is 131 cm³/mol. The molecule has 7 heteroatoms. The van der Waals surface area contributed by atoms with Crippen molar-refractivity contribution < 1.29 is 24.2 Å². The van der Waals surface area contributed by atoms with Crippen LogP contribution in [0.15, 0.2) is 48.5 Å². The molecule has 2 amide bonds. The van der Waals surface area contributed by atoms with Crippen molar-refractivity contribution in [1.29, 1.82) is 0 Å². The molecule has 2 atom stereocenters. The van der Waals surface area contributed by atoms with Crippen LogP contribution in [-0.4, -0.2) is 41.8 Å². The van der Waals surface area contributed by atoms with E-state index in [0.29, 0.717) is 0 Å². The molecule has 1 aliphatic carbocycles. The van der Waals surface area contributed by atoms with E-state index in [1.807, 2.05) is 55.5 Å². The van der Waals surface area contributed by atoms with Crippen molar-refractivity contribution in [3.8, 4) is 11.1 Å². The summed E-state index contributed by atoms with van der Waals surface area (Å²) in [6.07, 6.45) is 3.83. The first-order valence-electron chi connectivity index (χ1n) is 12.0. The average molecular weight is 467 g/mol. The maximum absolute atomic E-state index is 12.7. The van der Waals surface area contributed by atoms with E-state index in [0.717, 1.165) is 54.4 Å². The molecule has 0 radical (unpaired) electrons. The minimum atomic E-state index is -1.20. The second-order valence-corrected chi connectivity index (χ2v) is 8.88. The zero-order chi connectivity index (χ0) is 24.5. The molecule has 3 rings (SSSR count). The number of hydrogen-bond donors (Lipinski definition) is 3. The molecule has 3 N–H and O–H groups in total. The number of aliphatic carboxylic acids is 1. The lowest BCUT2D eigenvalue weighted by molar-refractivity contribution is -0.140. The number of alkyl carbamates (subject to hydrolysis) is 1. The van der Waals surface area contributed by atoms with E-state index in [1.165, 1.54) is 0 Å². The van der Waals surface area contributed by atoms with Crippen molar-refractivity contribution in [2.75, 3.05) is 6.61 Å².